The van der Waals surface area contributed by atoms with Gasteiger partial charge in [0, 0.05) is 24.8 Å². The van der Waals surface area contributed by atoms with Crippen molar-refractivity contribution < 1.29 is 14.8 Å². The summed E-state index contributed by atoms with van der Waals surface area (Å²) in [5.74, 6) is -0.294. The van der Waals surface area contributed by atoms with Crippen molar-refractivity contribution in [1.29, 1.82) is 0 Å². The van der Waals surface area contributed by atoms with E-state index in [0.29, 0.717) is 17.8 Å². The van der Waals surface area contributed by atoms with Gasteiger partial charge in [-0.3, -0.25) is 10.1 Å². The molecular weight excluding hydrogens is 262 g/mol. The third-order valence-electron chi connectivity index (χ3n) is 3.70. The van der Waals surface area contributed by atoms with Gasteiger partial charge in [-0.2, -0.15) is 0 Å². The molecule has 2 saturated carbocycles. The molecule has 1 heterocycles. The number of carbonyl (C=O) groups is 1. The molecule has 0 aliphatic heterocycles. The third-order valence-corrected chi connectivity index (χ3v) is 3.70. The van der Waals surface area contributed by atoms with Crippen LogP contribution < -0.4 is 4.90 Å². The first-order chi connectivity index (χ1) is 9.56. The van der Waals surface area contributed by atoms with Crippen LogP contribution in [0.2, 0.25) is 0 Å². The van der Waals surface area contributed by atoms with Gasteiger partial charge in [-0.05, 0) is 31.6 Å². The van der Waals surface area contributed by atoms with Gasteiger partial charge in [-0.1, -0.05) is 0 Å². The molecule has 2 aliphatic rings. The van der Waals surface area contributed by atoms with E-state index in [1.165, 1.54) is 6.20 Å². The normalized spacial score (nSPS) is 17.8. The number of aromatic carboxylic acids is 1. The minimum absolute atomic E-state index is 0.150. The summed E-state index contributed by atoms with van der Waals surface area (Å²) in [6.45, 7) is 0.783. The minimum atomic E-state index is -1.20. The first kappa shape index (κ1) is 12.8. The standard InChI is InChI=1S/C13H15N3O4/c17-13(18)9-5-11(16(19)20)12(14-6-9)15(10-3-4-10)7-8-1-2-8/h5-6,8,10H,1-4,7H2,(H,17,18). The number of nitro groups is 1. The Kier molecular flexibility index (Phi) is 3.04. The van der Waals surface area contributed by atoms with Crippen LogP contribution >= 0.6 is 0 Å². The van der Waals surface area contributed by atoms with Crippen molar-refractivity contribution in [3.05, 3.63) is 27.9 Å². The fourth-order valence-electron chi connectivity index (χ4n) is 2.29. The highest BCUT2D eigenvalue weighted by Gasteiger charge is 2.37. The number of pyridine rings is 1. The number of carboxylic acid groups (broad SMARTS) is 1. The molecule has 7 heteroatoms. The zero-order chi connectivity index (χ0) is 14.3. The number of anilines is 1. The second-order valence-corrected chi connectivity index (χ2v) is 5.46. The molecule has 2 aliphatic carbocycles. The predicted molar refractivity (Wildman–Crippen MR) is 70.9 cm³/mol. The highest BCUT2D eigenvalue weighted by Crippen LogP contribution is 2.40. The van der Waals surface area contributed by atoms with Crippen LogP contribution in [-0.2, 0) is 0 Å². The maximum absolute atomic E-state index is 11.2. The monoisotopic (exact) mass is 277 g/mol. The lowest BCUT2D eigenvalue weighted by atomic mass is 10.2. The van der Waals surface area contributed by atoms with Gasteiger partial charge in [0.15, 0.2) is 0 Å². The number of hydrogen-bond donors (Lipinski definition) is 1. The summed E-state index contributed by atoms with van der Waals surface area (Å²) in [4.78, 5) is 27.6. The topological polar surface area (TPSA) is 96.6 Å². The van der Waals surface area contributed by atoms with Crippen molar-refractivity contribution in [1.82, 2.24) is 4.98 Å². The Hall–Kier alpha value is -2.18. The van der Waals surface area contributed by atoms with Crippen molar-refractivity contribution in [2.75, 3.05) is 11.4 Å². The number of rotatable bonds is 6. The molecule has 3 rings (SSSR count). The lowest BCUT2D eigenvalue weighted by molar-refractivity contribution is -0.384. The molecule has 0 bridgehead atoms. The zero-order valence-corrected chi connectivity index (χ0v) is 10.9. The Morgan fingerprint density at radius 2 is 2.15 bits per heavy atom. The van der Waals surface area contributed by atoms with Crippen LogP contribution in [0.25, 0.3) is 0 Å². The predicted octanol–water partition coefficient (Wildman–Crippen LogP) is 2.07. The highest BCUT2D eigenvalue weighted by atomic mass is 16.6. The minimum Gasteiger partial charge on any atom is -0.478 e. The molecule has 0 saturated heterocycles. The number of aromatic nitrogens is 1. The van der Waals surface area contributed by atoms with E-state index in [-0.39, 0.29) is 11.3 Å². The van der Waals surface area contributed by atoms with E-state index in [9.17, 15) is 14.9 Å². The molecule has 1 aromatic rings. The lowest BCUT2D eigenvalue weighted by Crippen LogP contribution is -2.29. The summed E-state index contributed by atoms with van der Waals surface area (Å²) in [5, 5.41) is 20.1. The summed E-state index contributed by atoms with van der Waals surface area (Å²) in [6, 6.07) is 1.42. The number of carboxylic acids is 1. The molecule has 1 aromatic heterocycles. The van der Waals surface area contributed by atoms with E-state index in [1.54, 1.807) is 0 Å². The van der Waals surface area contributed by atoms with Crippen molar-refractivity contribution in [2.24, 2.45) is 5.92 Å². The van der Waals surface area contributed by atoms with Crippen LogP contribution in [0.3, 0.4) is 0 Å². The maximum Gasteiger partial charge on any atom is 0.337 e. The third kappa shape index (κ3) is 2.56. The van der Waals surface area contributed by atoms with Gasteiger partial charge in [-0.15, -0.1) is 0 Å². The van der Waals surface area contributed by atoms with Crippen LogP contribution in [-0.4, -0.2) is 33.6 Å². The quantitative estimate of drug-likeness (QED) is 0.631. The smallest absolute Gasteiger partial charge is 0.337 e. The molecule has 1 N–H and O–H groups in total. The van der Waals surface area contributed by atoms with Gasteiger partial charge in [0.25, 0.3) is 0 Å². The zero-order valence-electron chi connectivity index (χ0n) is 10.9. The molecule has 20 heavy (non-hydrogen) atoms. The Balaban J connectivity index is 1.96. The lowest BCUT2D eigenvalue weighted by Gasteiger charge is -2.23. The second kappa shape index (κ2) is 4.73. The van der Waals surface area contributed by atoms with Gasteiger partial charge >= 0.3 is 11.7 Å². The van der Waals surface area contributed by atoms with Crippen molar-refractivity contribution in [2.45, 2.75) is 31.7 Å². The Morgan fingerprint density at radius 1 is 1.45 bits per heavy atom. The fraction of sp³-hybridized carbons (Fsp3) is 0.538. The fourth-order valence-corrected chi connectivity index (χ4v) is 2.29. The second-order valence-electron chi connectivity index (χ2n) is 5.46. The Bertz CT molecular complexity index is 567. The molecule has 0 radical (unpaired) electrons. The van der Waals surface area contributed by atoms with Crippen LogP contribution in [0.5, 0.6) is 0 Å². The van der Waals surface area contributed by atoms with E-state index in [4.69, 9.17) is 5.11 Å². The van der Waals surface area contributed by atoms with Crippen LogP contribution in [0.1, 0.15) is 36.0 Å². The Labute approximate surface area is 115 Å². The molecule has 0 atom stereocenters. The van der Waals surface area contributed by atoms with Gasteiger partial charge in [-0.25, -0.2) is 9.78 Å². The van der Waals surface area contributed by atoms with Crippen molar-refractivity contribution >= 4 is 17.5 Å². The molecule has 0 aromatic carbocycles. The first-order valence-electron chi connectivity index (χ1n) is 6.70. The molecular formula is C13H15N3O4. The average Bonchev–Trinajstić information content (AvgIpc) is 3.26. The van der Waals surface area contributed by atoms with Crippen LogP contribution in [0, 0.1) is 16.0 Å². The van der Waals surface area contributed by atoms with E-state index >= 15 is 0 Å². The molecule has 2 fully saturated rings. The molecule has 7 nitrogen and oxygen atoms in total. The van der Waals surface area contributed by atoms with Crippen molar-refractivity contribution in [3.63, 3.8) is 0 Å². The summed E-state index contributed by atoms with van der Waals surface area (Å²) >= 11 is 0. The van der Waals surface area contributed by atoms with Gasteiger partial charge in [0.1, 0.15) is 0 Å². The summed E-state index contributed by atoms with van der Waals surface area (Å²) in [6.07, 6.45) is 5.56. The van der Waals surface area contributed by atoms with Crippen molar-refractivity contribution in [3.8, 4) is 0 Å². The summed E-state index contributed by atoms with van der Waals surface area (Å²) in [7, 11) is 0. The molecule has 106 valence electrons. The van der Waals surface area contributed by atoms with Gasteiger partial charge < -0.3 is 10.0 Å². The molecule has 0 amide bonds. The van der Waals surface area contributed by atoms with Crippen LogP contribution in [0.4, 0.5) is 11.5 Å². The van der Waals surface area contributed by atoms with E-state index < -0.39 is 10.9 Å². The molecule has 0 unspecified atom stereocenters. The van der Waals surface area contributed by atoms with E-state index in [2.05, 4.69) is 4.98 Å². The number of hydrogen-bond acceptors (Lipinski definition) is 5. The average molecular weight is 277 g/mol. The van der Waals surface area contributed by atoms with Crippen LogP contribution in [0.15, 0.2) is 12.3 Å². The van der Waals surface area contributed by atoms with E-state index in [1.807, 2.05) is 4.90 Å². The summed E-state index contributed by atoms with van der Waals surface area (Å²) in [5.41, 5.74) is -0.361. The first-order valence-corrected chi connectivity index (χ1v) is 6.70. The number of nitrogens with zero attached hydrogens (tertiary/aromatic N) is 3. The maximum atomic E-state index is 11.2. The van der Waals surface area contributed by atoms with Gasteiger partial charge in [0.05, 0.1) is 10.5 Å². The summed E-state index contributed by atoms with van der Waals surface area (Å²) < 4.78 is 0. The SMILES string of the molecule is O=C(O)c1cnc(N(CC2CC2)C2CC2)c([N+](=O)[O-])c1. The Morgan fingerprint density at radius 3 is 2.65 bits per heavy atom. The van der Waals surface area contributed by atoms with E-state index in [0.717, 1.165) is 38.3 Å². The largest absolute Gasteiger partial charge is 0.478 e. The van der Waals surface area contributed by atoms with Gasteiger partial charge in [0.2, 0.25) is 5.82 Å². The molecule has 0 spiro atoms. The highest BCUT2D eigenvalue weighted by molar-refractivity contribution is 5.88.